The molecule has 1 aliphatic heterocycles. The number of carbonyl (C=O) groups excluding carboxylic acids is 1. The molecule has 1 aliphatic rings. The molecule has 0 atom stereocenters. The van der Waals surface area contributed by atoms with Gasteiger partial charge in [-0.3, -0.25) is 4.68 Å². The number of amides is 2. The molecule has 0 radical (unpaired) electrons. The average molecular weight is 383 g/mol. The summed E-state index contributed by atoms with van der Waals surface area (Å²) in [5, 5.41) is 7.33. The lowest BCUT2D eigenvalue weighted by Crippen LogP contribution is -2.50. The second kappa shape index (κ2) is 9.06. The van der Waals surface area contributed by atoms with Crippen molar-refractivity contribution in [2.24, 2.45) is 7.05 Å². The highest BCUT2D eigenvalue weighted by Crippen LogP contribution is 2.31. The zero-order valence-electron chi connectivity index (χ0n) is 16.9. The van der Waals surface area contributed by atoms with Gasteiger partial charge in [0.05, 0.1) is 17.9 Å². The second-order valence-electron chi connectivity index (χ2n) is 7.51. The summed E-state index contributed by atoms with van der Waals surface area (Å²) in [6, 6.07) is 10.2. The molecule has 2 heterocycles. The highest BCUT2D eigenvalue weighted by molar-refractivity contribution is 5.74. The van der Waals surface area contributed by atoms with E-state index in [1.807, 2.05) is 49.3 Å². The van der Waals surface area contributed by atoms with Gasteiger partial charge in [0.25, 0.3) is 0 Å². The van der Waals surface area contributed by atoms with Crippen molar-refractivity contribution in [3.8, 4) is 0 Å². The topological polar surface area (TPSA) is 59.4 Å². The van der Waals surface area contributed by atoms with E-state index in [2.05, 4.69) is 29.1 Å². The average Bonchev–Trinajstić information content (AvgIpc) is 3.03. The number of rotatable bonds is 7. The van der Waals surface area contributed by atoms with E-state index in [1.165, 1.54) is 0 Å². The van der Waals surface area contributed by atoms with Crippen LogP contribution in [0.5, 0.6) is 0 Å². The highest BCUT2D eigenvalue weighted by Gasteiger charge is 2.36. The molecule has 3 rings (SSSR count). The minimum atomic E-state index is -0.242. The molecule has 6 nitrogen and oxygen atoms in total. The monoisotopic (exact) mass is 382 g/mol. The van der Waals surface area contributed by atoms with E-state index in [1.54, 1.807) is 4.68 Å². The molecule has 28 heavy (non-hydrogen) atoms. The predicted molar refractivity (Wildman–Crippen MR) is 110 cm³/mol. The third-order valence-corrected chi connectivity index (χ3v) is 5.41. The molecular formula is C22H30N4O2. The lowest BCUT2D eigenvalue weighted by atomic mass is 9.88. The van der Waals surface area contributed by atoms with Crippen LogP contribution in [0.1, 0.15) is 36.1 Å². The van der Waals surface area contributed by atoms with Gasteiger partial charge in [0, 0.05) is 38.4 Å². The van der Waals surface area contributed by atoms with Gasteiger partial charge in [-0.1, -0.05) is 36.4 Å². The zero-order chi connectivity index (χ0) is 20.0. The molecule has 0 bridgehead atoms. The van der Waals surface area contributed by atoms with E-state index in [9.17, 15) is 4.79 Å². The van der Waals surface area contributed by atoms with Crippen LogP contribution in [-0.4, -0.2) is 39.4 Å². The van der Waals surface area contributed by atoms with Crippen LogP contribution in [0.25, 0.3) is 0 Å². The van der Waals surface area contributed by atoms with Crippen LogP contribution in [0.3, 0.4) is 0 Å². The Labute approximate surface area is 167 Å². The quantitative estimate of drug-likeness (QED) is 0.745. The number of nitrogens with zero attached hydrogens (tertiary/aromatic N) is 3. The van der Waals surface area contributed by atoms with E-state index in [0.717, 1.165) is 36.1 Å². The highest BCUT2D eigenvalue weighted by atomic mass is 16.5. The van der Waals surface area contributed by atoms with Crippen molar-refractivity contribution in [3.63, 3.8) is 0 Å². The number of benzene rings is 1. The minimum absolute atomic E-state index is 0.0292. The molecule has 0 aliphatic carbocycles. The number of likely N-dealkylation sites (tertiary alicyclic amines) is 1. The van der Waals surface area contributed by atoms with Crippen LogP contribution in [0.2, 0.25) is 0 Å². The van der Waals surface area contributed by atoms with Crippen molar-refractivity contribution < 1.29 is 9.53 Å². The molecule has 1 aromatic heterocycles. The molecular weight excluding hydrogens is 352 g/mol. The summed E-state index contributed by atoms with van der Waals surface area (Å²) in [4.78, 5) is 14.4. The van der Waals surface area contributed by atoms with Gasteiger partial charge in [-0.05, 0) is 31.7 Å². The van der Waals surface area contributed by atoms with Gasteiger partial charge < -0.3 is 15.0 Å². The molecule has 1 saturated heterocycles. The fourth-order valence-electron chi connectivity index (χ4n) is 3.70. The number of hydrogen-bond acceptors (Lipinski definition) is 3. The first-order valence-corrected chi connectivity index (χ1v) is 9.82. The SMILES string of the molecule is C=CCC1(OCc2ccccc2)CCN(C(=O)NCc2cn(C)nc2C)CC1. The largest absolute Gasteiger partial charge is 0.370 e. The summed E-state index contributed by atoms with van der Waals surface area (Å²) < 4.78 is 8.10. The first kappa shape index (κ1) is 20.1. The molecule has 1 aromatic carbocycles. The molecule has 6 heteroatoms. The number of aryl methyl sites for hydroxylation is 2. The predicted octanol–water partition coefficient (Wildman–Crippen LogP) is 3.57. The number of carbonyl (C=O) groups is 1. The number of piperidine rings is 1. The van der Waals surface area contributed by atoms with Crippen LogP contribution in [0.4, 0.5) is 4.79 Å². The normalized spacial score (nSPS) is 16.0. The third kappa shape index (κ3) is 5.01. The Hall–Kier alpha value is -2.60. The Kier molecular flexibility index (Phi) is 6.52. The van der Waals surface area contributed by atoms with Crippen molar-refractivity contribution in [1.29, 1.82) is 0 Å². The summed E-state index contributed by atoms with van der Waals surface area (Å²) in [5.74, 6) is 0. The van der Waals surface area contributed by atoms with E-state index in [4.69, 9.17) is 4.74 Å². The van der Waals surface area contributed by atoms with Gasteiger partial charge in [0.15, 0.2) is 0 Å². The van der Waals surface area contributed by atoms with Gasteiger partial charge in [-0.25, -0.2) is 4.79 Å². The molecule has 1 N–H and O–H groups in total. The van der Waals surface area contributed by atoms with Crippen LogP contribution in [-0.2, 0) is 24.9 Å². The van der Waals surface area contributed by atoms with E-state index in [0.29, 0.717) is 26.2 Å². The maximum absolute atomic E-state index is 12.6. The summed E-state index contributed by atoms with van der Waals surface area (Å²) in [6.45, 7) is 8.30. The Balaban J connectivity index is 1.52. The molecule has 2 amide bonds. The first-order valence-electron chi connectivity index (χ1n) is 9.82. The minimum Gasteiger partial charge on any atom is -0.370 e. The number of hydrogen-bond donors (Lipinski definition) is 1. The van der Waals surface area contributed by atoms with Gasteiger partial charge in [0.2, 0.25) is 0 Å². The Bertz CT molecular complexity index is 792. The second-order valence-corrected chi connectivity index (χ2v) is 7.51. The van der Waals surface area contributed by atoms with Gasteiger partial charge in [-0.2, -0.15) is 5.10 Å². The summed E-state index contributed by atoms with van der Waals surface area (Å²) >= 11 is 0. The molecule has 2 aromatic rings. The van der Waals surface area contributed by atoms with Gasteiger partial charge in [0.1, 0.15) is 0 Å². The van der Waals surface area contributed by atoms with Crippen molar-refractivity contribution >= 4 is 6.03 Å². The van der Waals surface area contributed by atoms with E-state index >= 15 is 0 Å². The van der Waals surface area contributed by atoms with Gasteiger partial charge >= 0.3 is 6.03 Å². The first-order chi connectivity index (χ1) is 13.5. The summed E-state index contributed by atoms with van der Waals surface area (Å²) in [6.07, 6.45) is 6.28. The smallest absolute Gasteiger partial charge is 0.317 e. The standard InChI is InChI=1S/C22H30N4O2/c1-4-10-22(28-17-19-8-6-5-7-9-19)11-13-26(14-12-22)21(27)23-15-20-16-25(3)24-18(20)2/h4-9,16H,1,10-15,17H2,2-3H3,(H,23,27). The van der Waals surface area contributed by atoms with Crippen molar-refractivity contribution in [2.75, 3.05) is 13.1 Å². The van der Waals surface area contributed by atoms with Crippen LogP contribution < -0.4 is 5.32 Å². The summed E-state index contributed by atoms with van der Waals surface area (Å²) in [7, 11) is 1.89. The van der Waals surface area contributed by atoms with Crippen molar-refractivity contribution in [3.05, 3.63) is 66.0 Å². The third-order valence-electron chi connectivity index (χ3n) is 5.41. The van der Waals surface area contributed by atoms with Gasteiger partial charge in [-0.15, -0.1) is 6.58 Å². The van der Waals surface area contributed by atoms with Crippen molar-refractivity contribution in [1.82, 2.24) is 20.0 Å². The maximum atomic E-state index is 12.6. The number of ether oxygens (including phenoxy) is 1. The maximum Gasteiger partial charge on any atom is 0.317 e. The fourth-order valence-corrected chi connectivity index (χ4v) is 3.70. The molecule has 0 spiro atoms. The van der Waals surface area contributed by atoms with E-state index < -0.39 is 0 Å². The number of nitrogens with one attached hydrogen (secondary N) is 1. The molecule has 0 saturated carbocycles. The zero-order valence-corrected chi connectivity index (χ0v) is 16.9. The van der Waals surface area contributed by atoms with Crippen LogP contribution in [0.15, 0.2) is 49.2 Å². The van der Waals surface area contributed by atoms with Crippen molar-refractivity contribution in [2.45, 2.75) is 44.9 Å². The van der Waals surface area contributed by atoms with E-state index in [-0.39, 0.29) is 11.6 Å². The Morgan fingerprint density at radius 3 is 2.64 bits per heavy atom. The number of aromatic nitrogens is 2. The Morgan fingerprint density at radius 2 is 2.04 bits per heavy atom. The molecule has 0 unspecified atom stereocenters. The summed E-state index contributed by atoms with van der Waals surface area (Å²) in [5.41, 5.74) is 2.91. The molecule has 150 valence electrons. The van der Waals surface area contributed by atoms with Crippen LogP contribution in [0, 0.1) is 6.92 Å². The lowest BCUT2D eigenvalue weighted by molar-refractivity contribution is -0.0859. The Morgan fingerprint density at radius 1 is 1.32 bits per heavy atom. The van der Waals surface area contributed by atoms with Crippen LogP contribution >= 0.6 is 0 Å². The number of urea groups is 1. The fraction of sp³-hybridized carbons (Fsp3) is 0.455. The lowest BCUT2D eigenvalue weighted by Gasteiger charge is -2.41. The molecule has 1 fully saturated rings.